The smallest absolute Gasteiger partial charge is 0.249 e. The molecule has 0 spiro atoms. The number of nitrogens with one attached hydrogen (secondary N) is 1. The number of carbonyl (C=O) groups is 1. The fourth-order valence-electron chi connectivity index (χ4n) is 1.54. The van der Waals surface area contributed by atoms with E-state index in [1.54, 1.807) is 18.2 Å². The van der Waals surface area contributed by atoms with Crippen molar-refractivity contribution in [3.8, 4) is 5.75 Å². The number of carboxylic acid groups (broad SMARTS) is 1. The zero-order valence-corrected chi connectivity index (χ0v) is 8.44. The van der Waals surface area contributed by atoms with Gasteiger partial charge in [0.2, 0.25) is 5.56 Å². The van der Waals surface area contributed by atoms with Crippen molar-refractivity contribution in [3.05, 3.63) is 40.2 Å². The van der Waals surface area contributed by atoms with Crippen molar-refractivity contribution in [3.63, 3.8) is 0 Å². The van der Waals surface area contributed by atoms with Crippen LogP contribution < -0.4 is 15.4 Å². The number of H-pyrrole nitrogens is 1. The molecule has 2 aromatic rings. The largest absolute Gasteiger partial charge is 0.545 e. The first kappa shape index (κ1) is 10.2. The predicted molar refractivity (Wildman–Crippen MR) is 55.5 cm³/mol. The minimum absolute atomic E-state index is 0.124. The lowest BCUT2D eigenvalue weighted by Crippen LogP contribution is -2.24. The maximum Gasteiger partial charge on any atom is 0.249 e. The maximum absolute atomic E-state index is 11.2. The van der Waals surface area contributed by atoms with E-state index in [0.717, 1.165) is 6.07 Å². The van der Waals surface area contributed by atoms with Crippen molar-refractivity contribution >= 4 is 16.9 Å². The predicted octanol–water partition coefficient (Wildman–Crippen LogP) is -0.0998. The van der Waals surface area contributed by atoms with E-state index >= 15 is 0 Å². The minimum atomic E-state index is -1.37. The number of rotatable bonds is 2. The van der Waals surface area contributed by atoms with Crippen LogP contribution in [0.2, 0.25) is 0 Å². The molecule has 2 rings (SSSR count). The molecule has 5 heteroatoms. The normalized spacial score (nSPS) is 10.3. The van der Waals surface area contributed by atoms with Crippen LogP contribution in [-0.2, 0) is 0 Å². The molecule has 5 nitrogen and oxygen atoms in total. The molecule has 0 saturated heterocycles. The van der Waals surface area contributed by atoms with Crippen LogP contribution in [0.25, 0.3) is 10.9 Å². The highest BCUT2D eigenvalue weighted by molar-refractivity contribution is 6.01. The summed E-state index contributed by atoms with van der Waals surface area (Å²) < 4.78 is 4.98. The summed E-state index contributed by atoms with van der Waals surface area (Å²) in [5.41, 5.74) is -0.201. The first-order valence-corrected chi connectivity index (χ1v) is 4.54. The lowest BCUT2D eigenvalue weighted by Gasteiger charge is -2.07. The highest BCUT2D eigenvalue weighted by Gasteiger charge is 2.05. The number of methoxy groups -OCH3 is 1. The Morgan fingerprint density at radius 3 is 2.75 bits per heavy atom. The lowest BCUT2D eigenvalue weighted by molar-refractivity contribution is -0.254. The molecule has 0 saturated carbocycles. The Bertz CT molecular complexity index is 615. The van der Waals surface area contributed by atoms with Crippen molar-refractivity contribution in [2.24, 2.45) is 0 Å². The molecule has 1 aromatic heterocycles. The number of hydrogen-bond acceptors (Lipinski definition) is 4. The quantitative estimate of drug-likeness (QED) is 0.763. The van der Waals surface area contributed by atoms with Crippen LogP contribution >= 0.6 is 0 Å². The molecule has 0 radical (unpaired) electrons. The Kier molecular flexibility index (Phi) is 2.36. The fourth-order valence-corrected chi connectivity index (χ4v) is 1.54. The van der Waals surface area contributed by atoms with E-state index in [2.05, 4.69) is 4.98 Å². The highest BCUT2D eigenvalue weighted by atomic mass is 16.5. The summed E-state index contributed by atoms with van der Waals surface area (Å²) in [5.74, 6) is -0.833. The first-order valence-electron chi connectivity index (χ1n) is 4.54. The van der Waals surface area contributed by atoms with Gasteiger partial charge in [-0.05, 0) is 12.1 Å². The van der Waals surface area contributed by atoms with E-state index in [9.17, 15) is 14.7 Å². The van der Waals surface area contributed by atoms with Gasteiger partial charge < -0.3 is 19.6 Å². The average molecular weight is 218 g/mol. The van der Waals surface area contributed by atoms with Gasteiger partial charge in [0.25, 0.3) is 0 Å². The van der Waals surface area contributed by atoms with Gasteiger partial charge in [0.1, 0.15) is 5.75 Å². The Labute approximate surface area is 90.3 Å². The van der Waals surface area contributed by atoms with Crippen molar-refractivity contribution in [2.45, 2.75) is 0 Å². The van der Waals surface area contributed by atoms with Gasteiger partial charge in [-0.15, -0.1) is 0 Å². The van der Waals surface area contributed by atoms with Crippen LogP contribution in [-0.4, -0.2) is 18.1 Å². The van der Waals surface area contributed by atoms with Gasteiger partial charge in [-0.25, -0.2) is 0 Å². The average Bonchev–Trinajstić information content (AvgIpc) is 2.26. The number of aromatic nitrogens is 1. The molecular weight excluding hydrogens is 210 g/mol. The molecular formula is C11H8NO4-. The number of aromatic carboxylic acids is 1. The SMILES string of the molecule is COc1ccc2c(C(=O)[O-])cc(=O)[nH]c2c1. The van der Waals surface area contributed by atoms with Gasteiger partial charge in [-0.3, -0.25) is 4.79 Å². The number of fused-ring (bicyclic) bond motifs is 1. The summed E-state index contributed by atoms with van der Waals surface area (Å²) in [6.45, 7) is 0. The van der Waals surface area contributed by atoms with E-state index < -0.39 is 11.5 Å². The van der Waals surface area contributed by atoms with E-state index in [4.69, 9.17) is 4.74 Å². The van der Waals surface area contributed by atoms with Crippen LogP contribution in [0.3, 0.4) is 0 Å². The molecule has 1 N–H and O–H groups in total. The summed E-state index contributed by atoms with van der Waals surface area (Å²) in [4.78, 5) is 24.6. The van der Waals surface area contributed by atoms with Crippen molar-refractivity contribution < 1.29 is 14.6 Å². The number of carbonyl (C=O) groups excluding carboxylic acids is 1. The monoisotopic (exact) mass is 218 g/mol. The topological polar surface area (TPSA) is 82.2 Å². The molecule has 0 unspecified atom stereocenters. The second-order valence-corrected chi connectivity index (χ2v) is 3.25. The Morgan fingerprint density at radius 1 is 1.38 bits per heavy atom. The van der Waals surface area contributed by atoms with Crippen LogP contribution in [0, 0.1) is 0 Å². The maximum atomic E-state index is 11.2. The van der Waals surface area contributed by atoms with Gasteiger partial charge >= 0.3 is 0 Å². The third-order valence-corrected chi connectivity index (χ3v) is 2.27. The zero-order chi connectivity index (χ0) is 11.7. The van der Waals surface area contributed by atoms with Crippen LogP contribution in [0.1, 0.15) is 10.4 Å². The van der Waals surface area contributed by atoms with Crippen LogP contribution in [0.4, 0.5) is 0 Å². The van der Waals surface area contributed by atoms with Gasteiger partial charge in [0, 0.05) is 23.1 Å². The van der Waals surface area contributed by atoms with Crippen LogP contribution in [0.15, 0.2) is 29.1 Å². The van der Waals surface area contributed by atoms with E-state index in [0.29, 0.717) is 16.7 Å². The molecule has 16 heavy (non-hydrogen) atoms. The van der Waals surface area contributed by atoms with Crippen molar-refractivity contribution in [1.29, 1.82) is 0 Å². The molecule has 0 aliphatic carbocycles. The number of ether oxygens (including phenoxy) is 1. The van der Waals surface area contributed by atoms with Gasteiger partial charge in [0.15, 0.2) is 0 Å². The third kappa shape index (κ3) is 1.63. The van der Waals surface area contributed by atoms with E-state index in [1.165, 1.54) is 7.11 Å². The second-order valence-electron chi connectivity index (χ2n) is 3.25. The summed E-state index contributed by atoms with van der Waals surface area (Å²) in [6.07, 6.45) is 0. The van der Waals surface area contributed by atoms with Gasteiger partial charge in [-0.1, -0.05) is 0 Å². The number of benzene rings is 1. The summed E-state index contributed by atoms with van der Waals surface area (Å²) in [6, 6.07) is 5.75. The molecule has 0 aliphatic rings. The van der Waals surface area contributed by atoms with Crippen LogP contribution in [0.5, 0.6) is 5.75 Å². The zero-order valence-electron chi connectivity index (χ0n) is 8.44. The minimum Gasteiger partial charge on any atom is -0.545 e. The molecule has 1 aromatic carbocycles. The summed E-state index contributed by atoms with van der Waals surface area (Å²) in [5, 5.41) is 11.2. The molecule has 0 atom stereocenters. The lowest BCUT2D eigenvalue weighted by atomic mass is 10.1. The summed E-state index contributed by atoms with van der Waals surface area (Å²) in [7, 11) is 1.49. The van der Waals surface area contributed by atoms with Crippen molar-refractivity contribution in [1.82, 2.24) is 4.98 Å². The number of carboxylic acids is 1. The molecule has 0 fully saturated rings. The molecule has 0 aliphatic heterocycles. The second kappa shape index (κ2) is 3.69. The Hall–Kier alpha value is -2.30. The third-order valence-electron chi connectivity index (χ3n) is 2.27. The Balaban J connectivity index is 2.83. The number of hydrogen-bond donors (Lipinski definition) is 1. The molecule has 1 heterocycles. The Morgan fingerprint density at radius 2 is 2.12 bits per heavy atom. The molecule has 0 amide bonds. The summed E-state index contributed by atoms with van der Waals surface area (Å²) >= 11 is 0. The fraction of sp³-hybridized carbons (Fsp3) is 0.0909. The van der Waals surface area contributed by atoms with E-state index in [1.807, 2.05) is 0 Å². The van der Waals surface area contributed by atoms with Gasteiger partial charge in [0.05, 0.1) is 18.6 Å². The number of pyridine rings is 1. The van der Waals surface area contributed by atoms with Gasteiger partial charge in [-0.2, -0.15) is 0 Å². The number of aromatic amines is 1. The molecule has 82 valence electrons. The highest BCUT2D eigenvalue weighted by Crippen LogP contribution is 2.20. The first-order chi connectivity index (χ1) is 7.61. The molecule has 0 bridgehead atoms. The van der Waals surface area contributed by atoms with Crippen molar-refractivity contribution in [2.75, 3.05) is 7.11 Å². The standard InChI is InChI=1S/C11H9NO4/c1-16-6-2-3-7-8(11(14)15)5-10(13)12-9(7)4-6/h2-5H,1H3,(H,12,13)(H,14,15)/p-1. The van der Waals surface area contributed by atoms with E-state index in [-0.39, 0.29) is 5.56 Å².